The van der Waals surface area contributed by atoms with E-state index in [0.29, 0.717) is 0 Å². The highest BCUT2D eigenvalue weighted by Gasteiger charge is 2.03. The first-order chi connectivity index (χ1) is 10.3. The van der Waals surface area contributed by atoms with Crippen LogP contribution < -0.4 is 10.1 Å². The smallest absolute Gasteiger partial charge is 0.131 e. The maximum absolute atomic E-state index is 5.26. The monoisotopic (exact) mass is 276 g/mol. The predicted octanol–water partition coefficient (Wildman–Crippen LogP) is 4.50. The molecule has 3 aromatic rings. The Morgan fingerprint density at radius 2 is 1.67 bits per heavy atom. The molecular weight excluding hydrogens is 260 g/mol. The largest absolute Gasteiger partial charge is 0.497 e. The van der Waals surface area contributed by atoms with Crippen molar-refractivity contribution >= 4 is 11.5 Å². The molecule has 3 nitrogen and oxygen atoms in total. The third-order valence-electron chi connectivity index (χ3n) is 3.16. The standard InChI is InChI=1S/C18H16N2O/c1-21-16-10-5-7-14(13-16)17-11-6-12-18(20-17)19-15-8-3-2-4-9-15/h2-13H,1H3,(H,19,20). The van der Waals surface area contributed by atoms with Gasteiger partial charge in [0.15, 0.2) is 0 Å². The number of pyridine rings is 1. The fraction of sp³-hybridized carbons (Fsp3) is 0.0556. The molecule has 0 atom stereocenters. The molecule has 0 amide bonds. The molecule has 104 valence electrons. The van der Waals surface area contributed by atoms with Gasteiger partial charge in [0.25, 0.3) is 0 Å². The summed E-state index contributed by atoms with van der Waals surface area (Å²) in [5.41, 5.74) is 2.97. The van der Waals surface area contributed by atoms with Gasteiger partial charge in [-0.3, -0.25) is 0 Å². The Morgan fingerprint density at radius 1 is 0.857 bits per heavy atom. The Hall–Kier alpha value is -2.81. The van der Waals surface area contributed by atoms with Crippen molar-refractivity contribution in [3.05, 3.63) is 72.8 Å². The van der Waals surface area contributed by atoms with E-state index in [1.54, 1.807) is 7.11 Å². The van der Waals surface area contributed by atoms with E-state index in [-0.39, 0.29) is 0 Å². The third kappa shape index (κ3) is 3.20. The number of ether oxygens (including phenoxy) is 1. The van der Waals surface area contributed by atoms with Gasteiger partial charge in [-0.25, -0.2) is 4.98 Å². The van der Waals surface area contributed by atoms with Crippen molar-refractivity contribution in [2.75, 3.05) is 12.4 Å². The highest BCUT2D eigenvalue weighted by Crippen LogP contribution is 2.24. The zero-order valence-electron chi connectivity index (χ0n) is 11.8. The molecule has 3 heteroatoms. The van der Waals surface area contributed by atoms with Crippen LogP contribution in [0.15, 0.2) is 72.8 Å². The maximum atomic E-state index is 5.26. The molecule has 0 aliphatic carbocycles. The second-order valence-electron chi connectivity index (χ2n) is 4.63. The fourth-order valence-corrected chi connectivity index (χ4v) is 2.12. The normalized spacial score (nSPS) is 10.1. The van der Waals surface area contributed by atoms with E-state index in [9.17, 15) is 0 Å². The summed E-state index contributed by atoms with van der Waals surface area (Å²) < 4.78 is 5.26. The summed E-state index contributed by atoms with van der Waals surface area (Å²) in [5.74, 6) is 1.65. The molecule has 0 bridgehead atoms. The van der Waals surface area contributed by atoms with Gasteiger partial charge in [0.2, 0.25) is 0 Å². The molecule has 0 saturated carbocycles. The van der Waals surface area contributed by atoms with E-state index in [2.05, 4.69) is 10.3 Å². The number of methoxy groups -OCH3 is 1. The van der Waals surface area contributed by atoms with Crippen molar-refractivity contribution in [2.24, 2.45) is 0 Å². The number of rotatable bonds is 4. The first kappa shape index (κ1) is 13.2. The molecule has 0 aliphatic rings. The number of aromatic nitrogens is 1. The van der Waals surface area contributed by atoms with Crippen LogP contribution in [0.4, 0.5) is 11.5 Å². The molecule has 1 heterocycles. The summed E-state index contributed by atoms with van der Waals surface area (Å²) in [5, 5.41) is 3.30. The number of nitrogens with one attached hydrogen (secondary N) is 1. The van der Waals surface area contributed by atoms with Crippen molar-refractivity contribution in [1.82, 2.24) is 4.98 Å². The van der Waals surface area contributed by atoms with Crippen LogP contribution >= 0.6 is 0 Å². The molecule has 1 N–H and O–H groups in total. The molecule has 3 rings (SSSR count). The van der Waals surface area contributed by atoms with E-state index in [4.69, 9.17) is 4.74 Å². The van der Waals surface area contributed by atoms with Crippen molar-refractivity contribution in [3.8, 4) is 17.0 Å². The van der Waals surface area contributed by atoms with E-state index in [1.807, 2.05) is 72.8 Å². The molecule has 21 heavy (non-hydrogen) atoms. The fourth-order valence-electron chi connectivity index (χ4n) is 2.12. The predicted molar refractivity (Wildman–Crippen MR) is 85.9 cm³/mol. The second-order valence-corrected chi connectivity index (χ2v) is 4.63. The van der Waals surface area contributed by atoms with Gasteiger partial charge in [0.05, 0.1) is 12.8 Å². The van der Waals surface area contributed by atoms with Gasteiger partial charge in [0, 0.05) is 11.3 Å². The van der Waals surface area contributed by atoms with Crippen LogP contribution in [0, 0.1) is 0 Å². The lowest BCUT2D eigenvalue weighted by molar-refractivity contribution is 0.415. The molecule has 0 spiro atoms. The lowest BCUT2D eigenvalue weighted by Gasteiger charge is -2.08. The molecule has 0 fully saturated rings. The Labute approximate surface area is 124 Å². The average Bonchev–Trinajstić information content (AvgIpc) is 2.56. The maximum Gasteiger partial charge on any atom is 0.131 e. The van der Waals surface area contributed by atoms with Gasteiger partial charge in [-0.2, -0.15) is 0 Å². The van der Waals surface area contributed by atoms with E-state index >= 15 is 0 Å². The summed E-state index contributed by atoms with van der Waals surface area (Å²) >= 11 is 0. The lowest BCUT2D eigenvalue weighted by Crippen LogP contribution is -1.94. The first-order valence-corrected chi connectivity index (χ1v) is 6.79. The van der Waals surface area contributed by atoms with Gasteiger partial charge in [-0.05, 0) is 36.4 Å². The van der Waals surface area contributed by atoms with Crippen LogP contribution in [0.25, 0.3) is 11.3 Å². The van der Waals surface area contributed by atoms with Crippen molar-refractivity contribution in [3.63, 3.8) is 0 Å². The topological polar surface area (TPSA) is 34.1 Å². The Bertz CT molecular complexity index is 726. The Morgan fingerprint density at radius 3 is 2.48 bits per heavy atom. The molecule has 0 saturated heterocycles. The van der Waals surface area contributed by atoms with Gasteiger partial charge in [-0.1, -0.05) is 36.4 Å². The van der Waals surface area contributed by atoms with E-state index in [1.165, 1.54) is 0 Å². The third-order valence-corrected chi connectivity index (χ3v) is 3.16. The highest BCUT2D eigenvalue weighted by atomic mass is 16.5. The van der Waals surface area contributed by atoms with E-state index in [0.717, 1.165) is 28.5 Å². The van der Waals surface area contributed by atoms with Gasteiger partial charge in [0.1, 0.15) is 11.6 Å². The Balaban J connectivity index is 1.89. The van der Waals surface area contributed by atoms with Crippen molar-refractivity contribution in [2.45, 2.75) is 0 Å². The summed E-state index contributed by atoms with van der Waals surface area (Å²) in [4.78, 5) is 4.65. The minimum atomic E-state index is 0.821. The van der Waals surface area contributed by atoms with Crippen LogP contribution in [0.5, 0.6) is 5.75 Å². The molecular formula is C18H16N2O. The van der Waals surface area contributed by atoms with Gasteiger partial charge in [-0.15, -0.1) is 0 Å². The summed E-state index contributed by atoms with van der Waals surface area (Å²) in [6, 6.07) is 23.8. The first-order valence-electron chi connectivity index (χ1n) is 6.79. The Kier molecular flexibility index (Phi) is 3.83. The summed E-state index contributed by atoms with van der Waals surface area (Å²) in [6.07, 6.45) is 0. The molecule has 0 radical (unpaired) electrons. The molecule has 1 aromatic heterocycles. The number of hydrogen-bond acceptors (Lipinski definition) is 3. The number of benzene rings is 2. The minimum absolute atomic E-state index is 0.821. The number of anilines is 2. The molecule has 0 unspecified atom stereocenters. The SMILES string of the molecule is COc1cccc(-c2cccc(Nc3ccccc3)n2)c1. The van der Waals surface area contributed by atoms with Crippen LogP contribution in [0.2, 0.25) is 0 Å². The van der Waals surface area contributed by atoms with Gasteiger partial charge >= 0.3 is 0 Å². The van der Waals surface area contributed by atoms with Crippen molar-refractivity contribution < 1.29 is 4.74 Å². The number of hydrogen-bond donors (Lipinski definition) is 1. The minimum Gasteiger partial charge on any atom is -0.497 e. The number of nitrogens with zero attached hydrogens (tertiary/aromatic N) is 1. The van der Waals surface area contributed by atoms with Crippen LogP contribution in [0.1, 0.15) is 0 Å². The van der Waals surface area contributed by atoms with E-state index < -0.39 is 0 Å². The summed E-state index contributed by atoms with van der Waals surface area (Å²) in [6.45, 7) is 0. The van der Waals surface area contributed by atoms with Crippen LogP contribution in [-0.2, 0) is 0 Å². The van der Waals surface area contributed by atoms with Crippen LogP contribution in [0.3, 0.4) is 0 Å². The lowest BCUT2D eigenvalue weighted by atomic mass is 10.1. The zero-order valence-corrected chi connectivity index (χ0v) is 11.8. The average molecular weight is 276 g/mol. The second kappa shape index (κ2) is 6.09. The quantitative estimate of drug-likeness (QED) is 0.761. The molecule has 0 aliphatic heterocycles. The van der Waals surface area contributed by atoms with Gasteiger partial charge < -0.3 is 10.1 Å². The number of para-hydroxylation sites is 1. The zero-order chi connectivity index (χ0) is 14.5. The highest BCUT2D eigenvalue weighted by molar-refractivity contribution is 5.65. The van der Waals surface area contributed by atoms with Crippen molar-refractivity contribution in [1.29, 1.82) is 0 Å². The van der Waals surface area contributed by atoms with Crippen LogP contribution in [-0.4, -0.2) is 12.1 Å². The summed E-state index contributed by atoms with van der Waals surface area (Å²) in [7, 11) is 1.67. The molecule has 2 aromatic carbocycles.